The zero-order valence-corrected chi connectivity index (χ0v) is 16.0. The Kier molecular flexibility index (Phi) is 5.74. The highest BCUT2D eigenvalue weighted by atomic mass is 19.1. The first-order valence-corrected chi connectivity index (χ1v) is 9.60. The molecule has 154 valence electrons. The van der Waals surface area contributed by atoms with Crippen LogP contribution in [0.5, 0.6) is 0 Å². The summed E-state index contributed by atoms with van der Waals surface area (Å²) in [5, 5.41) is 22.6. The van der Waals surface area contributed by atoms with E-state index in [9.17, 15) is 19.4 Å². The molecule has 3 aromatic rings. The average molecular weight is 408 g/mol. The minimum atomic E-state index is -1.50. The van der Waals surface area contributed by atoms with Crippen LogP contribution in [0.15, 0.2) is 67.0 Å². The summed E-state index contributed by atoms with van der Waals surface area (Å²) in [6, 6.07) is 17.3. The molecule has 0 fully saturated rings. The number of aromatic nitrogens is 1. The number of nitrogens with zero attached hydrogens (tertiary/aromatic N) is 1. The molecule has 4 rings (SSSR count). The Bertz CT molecular complexity index is 1010. The number of alkyl carbamates (subject to hydrolysis) is 1. The zero-order valence-electron chi connectivity index (χ0n) is 16.0. The third kappa shape index (κ3) is 3.90. The molecule has 1 amide bonds. The standard InChI is InChI=1S/C23H21FN2O4/c24-20-11-25-10-9-18(20)22(28)21(27)12-26-23(29)30-13-19-16-7-3-1-5-14(16)15-6-2-4-8-17(15)19/h1-11,19,21-22,27-28H,12-13H2,(H,26,29). The maximum atomic E-state index is 13.7. The second-order valence-corrected chi connectivity index (χ2v) is 7.12. The number of hydrogen-bond acceptors (Lipinski definition) is 5. The van der Waals surface area contributed by atoms with Gasteiger partial charge < -0.3 is 20.3 Å². The van der Waals surface area contributed by atoms with Crippen LogP contribution in [0.2, 0.25) is 0 Å². The predicted octanol–water partition coefficient (Wildman–Crippen LogP) is 3.15. The number of rotatable bonds is 6. The quantitative estimate of drug-likeness (QED) is 0.583. The molecule has 0 saturated heterocycles. The molecule has 30 heavy (non-hydrogen) atoms. The number of benzene rings is 2. The minimum Gasteiger partial charge on any atom is -0.449 e. The SMILES string of the molecule is O=C(NCC(O)C(O)c1ccncc1F)OCC1c2ccccc2-c2ccccc21. The molecule has 2 atom stereocenters. The molecular weight excluding hydrogens is 387 g/mol. The van der Waals surface area contributed by atoms with Gasteiger partial charge >= 0.3 is 6.09 Å². The topological polar surface area (TPSA) is 91.7 Å². The summed E-state index contributed by atoms with van der Waals surface area (Å²) >= 11 is 0. The number of hydrogen-bond donors (Lipinski definition) is 3. The molecular formula is C23H21FN2O4. The lowest BCUT2D eigenvalue weighted by Gasteiger charge is -2.19. The lowest BCUT2D eigenvalue weighted by molar-refractivity contribution is 0.0165. The van der Waals surface area contributed by atoms with Crippen molar-refractivity contribution in [1.29, 1.82) is 0 Å². The van der Waals surface area contributed by atoms with E-state index in [1.165, 1.54) is 12.3 Å². The molecule has 0 saturated carbocycles. The van der Waals surface area contributed by atoms with Crippen LogP contribution in [-0.2, 0) is 4.74 Å². The molecule has 2 aromatic carbocycles. The summed E-state index contributed by atoms with van der Waals surface area (Å²) in [5.41, 5.74) is 4.34. The number of carbonyl (C=O) groups is 1. The zero-order chi connectivity index (χ0) is 21.1. The molecule has 0 aliphatic heterocycles. The van der Waals surface area contributed by atoms with Crippen molar-refractivity contribution in [3.05, 3.63) is 89.5 Å². The number of ether oxygens (including phenoxy) is 1. The summed E-state index contributed by atoms with van der Waals surface area (Å²) in [6.07, 6.45) is -1.36. The lowest BCUT2D eigenvalue weighted by Crippen LogP contribution is -2.36. The Balaban J connectivity index is 1.35. The summed E-state index contributed by atoms with van der Waals surface area (Å²) < 4.78 is 19.1. The second kappa shape index (κ2) is 8.61. The van der Waals surface area contributed by atoms with Gasteiger partial charge in [-0.25, -0.2) is 9.18 Å². The van der Waals surface area contributed by atoms with Gasteiger partial charge in [0.25, 0.3) is 0 Å². The molecule has 0 radical (unpaired) electrons. The number of fused-ring (bicyclic) bond motifs is 3. The third-order valence-electron chi connectivity index (χ3n) is 5.29. The van der Waals surface area contributed by atoms with Crippen molar-refractivity contribution in [3.8, 4) is 11.1 Å². The Labute approximate surface area is 173 Å². The summed E-state index contributed by atoms with van der Waals surface area (Å²) in [6.45, 7) is -0.156. The van der Waals surface area contributed by atoms with E-state index in [2.05, 4.69) is 10.3 Å². The Morgan fingerprint density at radius 1 is 1.07 bits per heavy atom. The van der Waals surface area contributed by atoms with Gasteiger partial charge in [-0.3, -0.25) is 4.98 Å². The van der Waals surface area contributed by atoms with Crippen LogP contribution in [0, 0.1) is 5.82 Å². The van der Waals surface area contributed by atoms with Crippen LogP contribution in [-0.4, -0.2) is 40.5 Å². The Morgan fingerprint density at radius 3 is 2.33 bits per heavy atom. The monoisotopic (exact) mass is 408 g/mol. The van der Waals surface area contributed by atoms with Gasteiger partial charge in [-0.15, -0.1) is 0 Å². The summed E-state index contributed by atoms with van der Waals surface area (Å²) in [4.78, 5) is 15.7. The molecule has 0 spiro atoms. The van der Waals surface area contributed by atoms with Crippen LogP contribution in [0.25, 0.3) is 11.1 Å². The molecule has 1 aliphatic rings. The number of aliphatic hydroxyl groups is 2. The van der Waals surface area contributed by atoms with Gasteiger partial charge in [0.15, 0.2) is 0 Å². The van der Waals surface area contributed by atoms with E-state index in [-0.39, 0.29) is 24.6 Å². The summed E-state index contributed by atoms with van der Waals surface area (Å²) in [5.74, 6) is -0.810. The first-order valence-electron chi connectivity index (χ1n) is 9.60. The molecule has 1 heterocycles. The lowest BCUT2D eigenvalue weighted by atomic mass is 9.98. The smallest absolute Gasteiger partial charge is 0.407 e. The van der Waals surface area contributed by atoms with E-state index in [1.807, 2.05) is 48.5 Å². The first-order chi connectivity index (χ1) is 14.6. The van der Waals surface area contributed by atoms with E-state index in [1.54, 1.807) is 0 Å². The van der Waals surface area contributed by atoms with Crippen LogP contribution >= 0.6 is 0 Å². The van der Waals surface area contributed by atoms with E-state index in [0.29, 0.717) is 0 Å². The number of pyridine rings is 1. The molecule has 2 unspecified atom stereocenters. The van der Waals surface area contributed by atoms with Crippen LogP contribution in [0.3, 0.4) is 0 Å². The number of amides is 1. The number of halogens is 1. The maximum Gasteiger partial charge on any atom is 0.407 e. The first kappa shape index (κ1) is 20.0. The van der Waals surface area contributed by atoms with Crippen molar-refractivity contribution in [2.45, 2.75) is 18.1 Å². The van der Waals surface area contributed by atoms with Crippen molar-refractivity contribution < 1.29 is 24.1 Å². The van der Waals surface area contributed by atoms with Crippen molar-refractivity contribution in [1.82, 2.24) is 10.3 Å². The van der Waals surface area contributed by atoms with Gasteiger partial charge in [0.05, 0.1) is 6.20 Å². The molecule has 0 bridgehead atoms. The predicted molar refractivity (Wildman–Crippen MR) is 108 cm³/mol. The highest BCUT2D eigenvalue weighted by Crippen LogP contribution is 2.44. The molecule has 1 aliphatic carbocycles. The fourth-order valence-corrected chi connectivity index (χ4v) is 3.78. The van der Waals surface area contributed by atoms with Crippen molar-refractivity contribution in [2.75, 3.05) is 13.2 Å². The number of carbonyl (C=O) groups excluding carboxylic acids is 1. The van der Waals surface area contributed by atoms with Crippen molar-refractivity contribution >= 4 is 6.09 Å². The average Bonchev–Trinajstić information content (AvgIpc) is 3.09. The van der Waals surface area contributed by atoms with Crippen LogP contribution < -0.4 is 5.32 Å². The minimum absolute atomic E-state index is 0.0791. The van der Waals surface area contributed by atoms with Gasteiger partial charge in [0.1, 0.15) is 24.6 Å². The third-order valence-corrected chi connectivity index (χ3v) is 5.29. The largest absolute Gasteiger partial charge is 0.449 e. The van der Waals surface area contributed by atoms with Gasteiger partial charge in [-0.2, -0.15) is 0 Å². The number of nitrogens with one attached hydrogen (secondary N) is 1. The Hall–Kier alpha value is -3.29. The second-order valence-electron chi connectivity index (χ2n) is 7.12. The van der Waals surface area contributed by atoms with E-state index in [4.69, 9.17) is 4.74 Å². The van der Waals surface area contributed by atoms with Crippen molar-refractivity contribution in [2.24, 2.45) is 0 Å². The van der Waals surface area contributed by atoms with Crippen molar-refractivity contribution in [3.63, 3.8) is 0 Å². The van der Waals surface area contributed by atoms with E-state index in [0.717, 1.165) is 28.5 Å². The van der Waals surface area contributed by atoms with Gasteiger partial charge in [0, 0.05) is 24.2 Å². The fraction of sp³-hybridized carbons (Fsp3) is 0.217. The highest BCUT2D eigenvalue weighted by molar-refractivity contribution is 5.79. The van der Waals surface area contributed by atoms with Gasteiger partial charge in [0.2, 0.25) is 0 Å². The van der Waals surface area contributed by atoms with E-state index < -0.39 is 24.1 Å². The maximum absolute atomic E-state index is 13.7. The summed E-state index contributed by atoms with van der Waals surface area (Å²) in [7, 11) is 0. The molecule has 1 aromatic heterocycles. The fourth-order valence-electron chi connectivity index (χ4n) is 3.78. The van der Waals surface area contributed by atoms with E-state index >= 15 is 0 Å². The Morgan fingerprint density at radius 2 is 1.70 bits per heavy atom. The van der Waals surface area contributed by atoms with Crippen LogP contribution in [0.4, 0.5) is 9.18 Å². The van der Waals surface area contributed by atoms with Gasteiger partial charge in [-0.05, 0) is 28.3 Å². The number of aliphatic hydroxyl groups excluding tert-OH is 2. The molecule has 3 N–H and O–H groups in total. The molecule has 6 nitrogen and oxygen atoms in total. The highest BCUT2D eigenvalue weighted by Gasteiger charge is 2.29. The van der Waals surface area contributed by atoms with Crippen LogP contribution in [0.1, 0.15) is 28.7 Å². The van der Waals surface area contributed by atoms with Gasteiger partial charge in [-0.1, -0.05) is 48.5 Å². The normalized spacial score (nSPS) is 14.5. The molecule has 7 heteroatoms.